The number of rotatable bonds is 8. The molecule has 1 aliphatic heterocycles. The summed E-state index contributed by atoms with van der Waals surface area (Å²) in [5, 5.41) is 6.85. The fourth-order valence-corrected chi connectivity index (χ4v) is 3.03. The molecule has 150 valence electrons. The molecule has 1 aromatic carbocycles. The highest BCUT2D eigenvalue weighted by atomic mass is 16.5. The van der Waals surface area contributed by atoms with Crippen molar-refractivity contribution in [3.8, 4) is 29.1 Å². The molecule has 1 aliphatic rings. The summed E-state index contributed by atoms with van der Waals surface area (Å²) in [5.41, 5.74) is 0.702. The minimum absolute atomic E-state index is 0.186. The van der Waals surface area contributed by atoms with Gasteiger partial charge in [-0.15, -0.1) is 0 Å². The van der Waals surface area contributed by atoms with E-state index in [0.717, 1.165) is 25.3 Å². The molecule has 2 aromatic heterocycles. The summed E-state index contributed by atoms with van der Waals surface area (Å²) in [6.07, 6.45) is 7.29. The standard InChI is InChI=1S/C21H23N5O3/c1-27-16-6-8-17(9-7-16)28-20-19(24-12-15-4-2-11-23-15)14-25-21(26-20)29-18-5-3-10-22-13-18/h3,5-10,13-15,23-24H,2,4,11-12H2,1H3/t15-/m0/s1. The number of nitrogens with one attached hydrogen (secondary N) is 2. The van der Waals surface area contributed by atoms with Gasteiger partial charge < -0.3 is 24.8 Å². The topological polar surface area (TPSA) is 90.4 Å². The molecule has 1 atom stereocenters. The van der Waals surface area contributed by atoms with E-state index in [0.29, 0.717) is 29.1 Å². The van der Waals surface area contributed by atoms with Crippen LogP contribution in [0.4, 0.5) is 5.69 Å². The van der Waals surface area contributed by atoms with Crippen molar-refractivity contribution in [1.29, 1.82) is 0 Å². The van der Waals surface area contributed by atoms with Crippen LogP contribution in [0.2, 0.25) is 0 Å². The third kappa shape index (κ3) is 5.11. The highest BCUT2D eigenvalue weighted by Gasteiger charge is 2.16. The first-order chi connectivity index (χ1) is 14.3. The van der Waals surface area contributed by atoms with Crippen molar-refractivity contribution in [1.82, 2.24) is 20.3 Å². The summed E-state index contributed by atoms with van der Waals surface area (Å²) >= 11 is 0. The van der Waals surface area contributed by atoms with Gasteiger partial charge in [0.2, 0.25) is 5.88 Å². The van der Waals surface area contributed by atoms with Crippen molar-refractivity contribution in [2.45, 2.75) is 18.9 Å². The van der Waals surface area contributed by atoms with Crippen LogP contribution in [0.15, 0.2) is 55.0 Å². The molecule has 3 heterocycles. The molecule has 2 N–H and O–H groups in total. The lowest BCUT2D eigenvalue weighted by molar-refractivity contribution is 0.405. The van der Waals surface area contributed by atoms with Crippen molar-refractivity contribution >= 4 is 5.69 Å². The van der Waals surface area contributed by atoms with Crippen LogP contribution in [-0.2, 0) is 0 Å². The summed E-state index contributed by atoms with van der Waals surface area (Å²) < 4.78 is 16.9. The Balaban J connectivity index is 1.54. The number of hydrogen-bond donors (Lipinski definition) is 2. The lowest BCUT2D eigenvalue weighted by Gasteiger charge is -2.16. The zero-order chi connectivity index (χ0) is 19.9. The average Bonchev–Trinajstić information content (AvgIpc) is 3.28. The monoisotopic (exact) mass is 393 g/mol. The molecule has 0 amide bonds. The molecule has 0 unspecified atom stereocenters. The van der Waals surface area contributed by atoms with Gasteiger partial charge in [0.05, 0.1) is 19.5 Å². The van der Waals surface area contributed by atoms with Crippen molar-refractivity contribution in [3.05, 3.63) is 55.0 Å². The molecule has 0 aliphatic carbocycles. The third-order valence-electron chi connectivity index (χ3n) is 4.55. The van der Waals surface area contributed by atoms with E-state index in [1.54, 1.807) is 37.8 Å². The van der Waals surface area contributed by atoms with E-state index in [-0.39, 0.29) is 6.01 Å². The van der Waals surface area contributed by atoms with Crippen LogP contribution in [0.25, 0.3) is 0 Å². The summed E-state index contributed by atoms with van der Waals surface area (Å²) in [6.45, 7) is 1.82. The number of ether oxygens (including phenoxy) is 3. The number of anilines is 1. The van der Waals surface area contributed by atoms with Crippen LogP contribution in [0.5, 0.6) is 29.1 Å². The Morgan fingerprint density at radius 3 is 2.66 bits per heavy atom. The number of aromatic nitrogens is 3. The van der Waals surface area contributed by atoms with Crippen LogP contribution in [0, 0.1) is 0 Å². The number of nitrogens with zero attached hydrogens (tertiary/aromatic N) is 3. The second-order valence-corrected chi connectivity index (χ2v) is 6.61. The maximum atomic E-state index is 6.02. The lowest BCUT2D eigenvalue weighted by atomic mass is 10.2. The first-order valence-electron chi connectivity index (χ1n) is 9.54. The molecule has 1 fully saturated rings. The minimum Gasteiger partial charge on any atom is -0.497 e. The fourth-order valence-electron chi connectivity index (χ4n) is 3.03. The van der Waals surface area contributed by atoms with Gasteiger partial charge in [0.1, 0.15) is 22.9 Å². The van der Waals surface area contributed by atoms with Gasteiger partial charge in [-0.1, -0.05) is 0 Å². The van der Waals surface area contributed by atoms with Crippen LogP contribution < -0.4 is 24.8 Å². The van der Waals surface area contributed by atoms with Gasteiger partial charge >= 0.3 is 6.01 Å². The van der Waals surface area contributed by atoms with E-state index in [1.807, 2.05) is 24.3 Å². The summed E-state index contributed by atoms with van der Waals surface area (Å²) in [5.74, 6) is 2.34. The number of methoxy groups -OCH3 is 1. The van der Waals surface area contributed by atoms with Gasteiger partial charge in [-0.25, -0.2) is 4.98 Å². The molecule has 29 heavy (non-hydrogen) atoms. The molecular formula is C21H23N5O3. The van der Waals surface area contributed by atoms with E-state index in [2.05, 4.69) is 25.6 Å². The highest BCUT2D eigenvalue weighted by Crippen LogP contribution is 2.30. The Morgan fingerprint density at radius 1 is 1.07 bits per heavy atom. The molecule has 8 nitrogen and oxygen atoms in total. The maximum Gasteiger partial charge on any atom is 0.325 e. The van der Waals surface area contributed by atoms with E-state index < -0.39 is 0 Å². The minimum atomic E-state index is 0.186. The Hall–Kier alpha value is -3.39. The van der Waals surface area contributed by atoms with Gasteiger partial charge in [-0.2, -0.15) is 4.98 Å². The van der Waals surface area contributed by atoms with Gasteiger partial charge in [-0.3, -0.25) is 4.98 Å². The Morgan fingerprint density at radius 2 is 1.93 bits per heavy atom. The van der Waals surface area contributed by atoms with Gasteiger partial charge in [-0.05, 0) is 55.8 Å². The maximum absolute atomic E-state index is 6.02. The molecule has 8 heteroatoms. The first kappa shape index (κ1) is 18.9. The number of benzene rings is 1. The third-order valence-corrected chi connectivity index (χ3v) is 4.55. The molecule has 0 saturated carbocycles. The van der Waals surface area contributed by atoms with Gasteiger partial charge in [0, 0.05) is 18.8 Å². The van der Waals surface area contributed by atoms with Gasteiger partial charge in [0.25, 0.3) is 0 Å². The predicted octanol–water partition coefficient (Wildman–Crippen LogP) is 3.63. The average molecular weight is 393 g/mol. The summed E-state index contributed by atoms with van der Waals surface area (Å²) in [4.78, 5) is 12.8. The predicted molar refractivity (Wildman–Crippen MR) is 109 cm³/mol. The molecule has 3 aromatic rings. The smallest absolute Gasteiger partial charge is 0.325 e. The second-order valence-electron chi connectivity index (χ2n) is 6.61. The van der Waals surface area contributed by atoms with Gasteiger partial charge in [0.15, 0.2) is 0 Å². The fraction of sp³-hybridized carbons (Fsp3) is 0.286. The molecule has 0 spiro atoms. The van der Waals surface area contributed by atoms with E-state index in [4.69, 9.17) is 14.2 Å². The van der Waals surface area contributed by atoms with Crippen LogP contribution >= 0.6 is 0 Å². The Kier molecular flexibility index (Phi) is 6.01. The molecule has 0 bridgehead atoms. The Labute approximate surface area is 169 Å². The van der Waals surface area contributed by atoms with Crippen molar-refractivity contribution < 1.29 is 14.2 Å². The van der Waals surface area contributed by atoms with Crippen LogP contribution in [0.1, 0.15) is 12.8 Å². The Bertz CT molecular complexity index is 915. The molecule has 4 rings (SSSR count). The van der Waals surface area contributed by atoms with E-state index >= 15 is 0 Å². The zero-order valence-electron chi connectivity index (χ0n) is 16.2. The highest BCUT2D eigenvalue weighted by molar-refractivity contribution is 5.53. The number of hydrogen-bond acceptors (Lipinski definition) is 8. The number of pyridine rings is 1. The van der Waals surface area contributed by atoms with Crippen molar-refractivity contribution in [3.63, 3.8) is 0 Å². The van der Waals surface area contributed by atoms with Crippen molar-refractivity contribution in [2.75, 3.05) is 25.5 Å². The van der Waals surface area contributed by atoms with Crippen LogP contribution in [0.3, 0.4) is 0 Å². The van der Waals surface area contributed by atoms with Crippen LogP contribution in [-0.4, -0.2) is 41.2 Å². The normalized spacial score (nSPS) is 15.7. The van der Waals surface area contributed by atoms with E-state index in [9.17, 15) is 0 Å². The SMILES string of the molecule is COc1ccc(Oc2nc(Oc3cccnc3)ncc2NC[C@@H]2CCCN2)cc1. The zero-order valence-corrected chi connectivity index (χ0v) is 16.2. The second kappa shape index (κ2) is 9.20. The molecular weight excluding hydrogens is 370 g/mol. The lowest BCUT2D eigenvalue weighted by Crippen LogP contribution is -2.29. The summed E-state index contributed by atoms with van der Waals surface area (Å²) in [6, 6.07) is 11.5. The molecule has 0 radical (unpaired) electrons. The molecule has 1 saturated heterocycles. The summed E-state index contributed by atoms with van der Waals surface area (Å²) in [7, 11) is 1.63. The first-order valence-corrected chi connectivity index (χ1v) is 9.54. The quantitative estimate of drug-likeness (QED) is 0.600. The largest absolute Gasteiger partial charge is 0.497 e. The van der Waals surface area contributed by atoms with Crippen molar-refractivity contribution in [2.24, 2.45) is 0 Å². The van der Waals surface area contributed by atoms with E-state index in [1.165, 1.54) is 6.42 Å².